The van der Waals surface area contributed by atoms with Crippen LogP contribution in [-0.4, -0.2) is 108 Å². The summed E-state index contributed by atoms with van der Waals surface area (Å²) >= 11 is 17.8. The highest BCUT2D eigenvalue weighted by atomic mass is 35.6. The molecule has 14 nitrogen and oxygen atoms in total. The first-order valence-electron chi connectivity index (χ1n) is 22.0. The van der Waals surface area contributed by atoms with Gasteiger partial charge in [-0.2, -0.15) is 0 Å². The van der Waals surface area contributed by atoms with Gasteiger partial charge in [-0.1, -0.05) is 162 Å². The molecule has 0 aromatic heterocycles. The maximum atomic E-state index is 14.0. The zero-order chi connectivity index (χ0) is 47.9. The first-order valence-corrected chi connectivity index (χ1v) is 23.1. The third-order valence-corrected chi connectivity index (χ3v) is 11.4. The maximum absolute atomic E-state index is 14.0. The number of hydrogen-bond acceptors (Lipinski definition) is 13. The lowest BCUT2D eigenvalue weighted by molar-refractivity contribution is -0.342. The zero-order valence-corrected chi connectivity index (χ0v) is 39.2. The Balaban J connectivity index is 1.25. The van der Waals surface area contributed by atoms with Gasteiger partial charge < -0.3 is 53.1 Å². The predicted octanol–water partition coefficient (Wildman–Crippen LogP) is 8.18. The monoisotopic (exact) mass is 991 g/mol. The Hall–Kier alpha value is -5.10. The van der Waals surface area contributed by atoms with E-state index in [1.54, 1.807) is 67.6 Å². The van der Waals surface area contributed by atoms with Gasteiger partial charge in [0.15, 0.2) is 12.4 Å². The normalized spacial score (nSPS) is 24.9. The average Bonchev–Trinajstić information content (AvgIpc) is 3.35. The molecule has 360 valence electrons. The lowest BCUT2D eigenvalue weighted by Crippen LogP contribution is -2.68. The quantitative estimate of drug-likeness (QED) is 0.0463. The second-order valence-corrected chi connectivity index (χ2v) is 18.6. The van der Waals surface area contributed by atoms with Crippen molar-refractivity contribution >= 4 is 52.8 Å². The summed E-state index contributed by atoms with van der Waals surface area (Å²) in [6.45, 7) is 0.933. The lowest BCUT2D eigenvalue weighted by Gasteiger charge is -2.49. The molecule has 0 saturated carbocycles. The van der Waals surface area contributed by atoms with Crippen LogP contribution in [0.2, 0.25) is 0 Å². The fraction of sp³-hybridized carbons (Fsp3) is 0.353. The van der Waals surface area contributed by atoms with E-state index in [-0.39, 0.29) is 37.6 Å². The SMILES string of the molecule is C[C@@H]1OC(COC(=O)c2ccccc2)[C@H](OC(=O)c2ccccc2)[C@H](O[C@@H]2OC(COCc3ccccc3)[C@H](OCc3ccccc3)[C@@H](OCc3ccccc3)C2O)C1NC(=O)OCC(Cl)(Cl)Cl. The van der Waals surface area contributed by atoms with Crippen LogP contribution in [0.5, 0.6) is 0 Å². The molecule has 2 aliphatic heterocycles. The third-order valence-electron chi connectivity index (χ3n) is 11.1. The summed E-state index contributed by atoms with van der Waals surface area (Å²) in [5, 5.41) is 15.2. The molecule has 2 N–H and O–H groups in total. The Kier molecular flexibility index (Phi) is 18.6. The van der Waals surface area contributed by atoms with Gasteiger partial charge in [0, 0.05) is 0 Å². The minimum atomic E-state index is -1.95. The molecule has 2 fully saturated rings. The Morgan fingerprint density at radius 1 is 0.588 bits per heavy atom. The minimum absolute atomic E-state index is 0.0498. The number of halogens is 3. The van der Waals surface area contributed by atoms with Crippen LogP contribution in [0.4, 0.5) is 4.79 Å². The zero-order valence-electron chi connectivity index (χ0n) is 36.9. The van der Waals surface area contributed by atoms with Crippen molar-refractivity contribution in [1.82, 2.24) is 5.32 Å². The number of aliphatic hydroxyl groups is 1. The second kappa shape index (κ2) is 25.0. The van der Waals surface area contributed by atoms with E-state index in [0.717, 1.165) is 16.7 Å². The van der Waals surface area contributed by atoms with Gasteiger partial charge in [0.1, 0.15) is 49.8 Å². The van der Waals surface area contributed by atoms with E-state index in [1.165, 1.54) is 0 Å². The Labute approximate surface area is 409 Å². The van der Waals surface area contributed by atoms with Crippen molar-refractivity contribution in [3.63, 3.8) is 0 Å². The van der Waals surface area contributed by atoms with Crippen molar-refractivity contribution in [3.05, 3.63) is 179 Å². The van der Waals surface area contributed by atoms with Crippen LogP contribution in [0.25, 0.3) is 0 Å². The van der Waals surface area contributed by atoms with Gasteiger partial charge in [0.05, 0.1) is 49.7 Å². The fourth-order valence-corrected chi connectivity index (χ4v) is 7.92. The van der Waals surface area contributed by atoms with Crippen LogP contribution in [-0.2, 0) is 62.5 Å². The molecular weight excluding hydrogens is 941 g/mol. The van der Waals surface area contributed by atoms with Crippen LogP contribution in [0.3, 0.4) is 0 Å². The summed E-state index contributed by atoms with van der Waals surface area (Å²) < 4.78 is 54.6. The van der Waals surface area contributed by atoms with Gasteiger partial charge in [-0.15, -0.1) is 0 Å². The summed E-state index contributed by atoms with van der Waals surface area (Å²) in [7, 11) is 0. The van der Waals surface area contributed by atoms with Crippen molar-refractivity contribution in [1.29, 1.82) is 0 Å². The van der Waals surface area contributed by atoms with Crippen molar-refractivity contribution in [3.8, 4) is 0 Å². The van der Waals surface area contributed by atoms with Crippen molar-refractivity contribution in [2.24, 2.45) is 0 Å². The van der Waals surface area contributed by atoms with Crippen LogP contribution >= 0.6 is 34.8 Å². The standard InChI is InChI=1S/C51H52Cl3NO13/c1-33-41(55-50(59)64-32-51(52,53)54)45(44(67-48(58)38-25-15-6-16-26-38)40(65-33)31-63-47(57)37-23-13-5-14-24-37)68-49-42(56)46(62-29-36-21-11-4-12-22-36)43(61-28-35-19-9-3-10-20-35)39(66-49)30-60-27-34-17-7-2-8-18-34/h2-26,33,39-46,49,56H,27-32H2,1H3,(H,55,59)/t33-,39?,40?,41?,42?,43-,44-,45+,46-,49-/m0/s1. The molecule has 17 heteroatoms. The molecule has 2 heterocycles. The summed E-state index contributed by atoms with van der Waals surface area (Å²) in [5.41, 5.74) is 3.03. The van der Waals surface area contributed by atoms with Crippen molar-refractivity contribution < 1.29 is 62.1 Å². The number of benzene rings is 5. The number of aliphatic hydroxyl groups excluding tert-OH is 1. The van der Waals surface area contributed by atoms with E-state index in [9.17, 15) is 19.5 Å². The van der Waals surface area contributed by atoms with Crippen LogP contribution < -0.4 is 5.32 Å². The van der Waals surface area contributed by atoms with Crippen molar-refractivity contribution in [2.75, 3.05) is 19.8 Å². The van der Waals surface area contributed by atoms with Crippen LogP contribution in [0.1, 0.15) is 44.3 Å². The summed E-state index contributed by atoms with van der Waals surface area (Å²) in [6.07, 6.45) is -12.2. The molecule has 68 heavy (non-hydrogen) atoms. The highest BCUT2D eigenvalue weighted by Crippen LogP contribution is 2.35. The van der Waals surface area contributed by atoms with E-state index in [4.69, 9.17) is 77.4 Å². The number of alkyl halides is 3. The highest BCUT2D eigenvalue weighted by molar-refractivity contribution is 6.67. The molecule has 10 atom stereocenters. The Bertz CT molecular complexity index is 2320. The topological polar surface area (TPSA) is 167 Å². The average molecular weight is 993 g/mol. The summed E-state index contributed by atoms with van der Waals surface area (Å²) in [5.74, 6) is -1.47. The predicted molar refractivity (Wildman–Crippen MR) is 251 cm³/mol. The first kappa shape index (κ1) is 50.8. The summed E-state index contributed by atoms with van der Waals surface area (Å²) in [4.78, 5) is 40.8. The molecule has 0 spiro atoms. The van der Waals surface area contributed by atoms with Gasteiger partial charge in [-0.05, 0) is 47.9 Å². The van der Waals surface area contributed by atoms with Crippen LogP contribution in [0.15, 0.2) is 152 Å². The van der Waals surface area contributed by atoms with E-state index < -0.39 is 96.2 Å². The van der Waals surface area contributed by atoms with Gasteiger partial charge in [-0.25, -0.2) is 14.4 Å². The van der Waals surface area contributed by atoms with E-state index in [1.807, 2.05) is 91.0 Å². The largest absolute Gasteiger partial charge is 0.459 e. The van der Waals surface area contributed by atoms with Gasteiger partial charge in [0.2, 0.25) is 3.79 Å². The molecule has 2 saturated heterocycles. The number of ether oxygens (including phenoxy) is 9. The van der Waals surface area contributed by atoms with E-state index >= 15 is 0 Å². The number of carbonyl (C=O) groups is 3. The number of amides is 1. The number of rotatable bonds is 19. The number of hydrogen-bond donors (Lipinski definition) is 2. The van der Waals surface area contributed by atoms with Gasteiger partial charge in [-0.3, -0.25) is 0 Å². The van der Waals surface area contributed by atoms with Crippen molar-refractivity contribution in [2.45, 2.75) is 91.7 Å². The lowest BCUT2D eigenvalue weighted by atomic mass is 9.92. The maximum Gasteiger partial charge on any atom is 0.407 e. The molecule has 0 bridgehead atoms. The molecule has 0 aliphatic carbocycles. The van der Waals surface area contributed by atoms with E-state index in [0.29, 0.717) is 0 Å². The molecule has 5 aromatic rings. The number of esters is 2. The molecule has 0 radical (unpaired) electrons. The smallest absolute Gasteiger partial charge is 0.407 e. The second-order valence-electron chi connectivity index (χ2n) is 16.1. The Morgan fingerprint density at radius 3 is 1.62 bits per heavy atom. The molecule has 5 aromatic carbocycles. The molecule has 2 aliphatic rings. The molecule has 1 amide bonds. The van der Waals surface area contributed by atoms with E-state index in [2.05, 4.69) is 5.32 Å². The molecule has 7 rings (SSSR count). The fourth-order valence-electron chi connectivity index (χ4n) is 7.75. The molecular formula is C51H52Cl3NO13. The van der Waals surface area contributed by atoms with Crippen LogP contribution in [0, 0.1) is 0 Å². The number of nitrogens with one attached hydrogen (secondary N) is 1. The first-order chi connectivity index (χ1) is 32.9. The minimum Gasteiger partial charge on any atom is -0.459 e. The third kappa shape index (κ3) is 14.7. The summed E-state index contributed by atoms with van der Waals surface area (Å²) in [6, 6.07) is 43.7. The Morgan fingerprint density at radius 2 is 1.07 bits per heavy atom. The van der Waals surface area contributed by atoms with Gasteiger partial charge in [0.25, 0.3) is 0 Å². The number of carbonyl (C=O) groups excluding carboxylic acids is 3. The molecule has 4 unspecified atom stereocenters. The van der Waals surface area contributed by atoms with Gasteiger partial charge >= 0.3 is 18.0 Å². The number of alkyl carbamates (subject to hydrolysis) is 1. The highest BCUT2D eigenvalue weighted by Gasteiger charge is 2.54.